The van der Waals surface area contributed by atoms with E-state index in [1.807, 2.05) is 0 Å². The number of ether oxygens (including phenoxy) is 1. The maximum atomic E-state index is 13.5. The highest BCUT2D eigenvalue weighted by molar-refractivity contribution is 6.05. The summed E-state index contributed by atoms with van der Waals surface area (Å²) in [5, 5.41) is 8.68. The fourth-order valence-electron chi connectivity index (χ4n) is 2.06. The van der Waals surface area contributed by atoms with Crippen LogP contribution in [-0.4, -0.2) is 5.97 Å². The van der Waals surface area contributed by atoms with Crippen LogP contribution in [0.15, 0.2) is 42.5 Å². The van der Waals surface area contributed by atoms with Crippen molar-refractivity contribution >= 4 is 17.8 Å². The van der Waals surface area contributed by atoms with Gasteiger partial charge in [-0.2, -0.15) is 5.26 Å². The molecule has 3 nitrogen and oxygen atoms in total. The minimum Gasteiger partial charge on any atom is -0.422 e. The molecule has 0 amide bonds. The van der Waals surface area contributed by atoms with E-state index in [-0.39, 0.29) is 5.56 Å². The van der Waals surface area contributed by atoms with Gasteiger partial charge >= 0.3 is 5.97 Å². The summed E-state index contributed by atoms with van der Waals surface area (Å²) >= 11 is 0. The molecule has 0 unspecified atom stereocenters. The molecule has 3 rings (SSSR count). The van der Waals surface area contributed by atoms with Crippen LogP contribution in [0.4, 0.5) is 4.39 Å². The summed E-state index contributed by atoms with van der Waals surface area (Å²) in [7, 11) is 0. The van der Waals surface area contributed by atoms with E-state index in [9.17, 15) is 9.18 Å². The SMILES string of the molecule is N#Cc1ccc(/C=C2\OC(=O)c3ccccc32)cc1F. The van der Waals surface area contributed by atoms with Gasteiger partial charge in [0.15, 0.2) is 0 Å². The molecule has 0 saturated heterocycles. The third-order valence-corrected chi connectivity index (χ3v) is 3.03. The van der Waals surface area contributed by atoms with E-state index in [0.717, 1.165) is 0 Å². The number of halogens is 1. The molecule has 4 heteroatoms. The number of carbonyl (C=O) groups excluding carboxylic acids is 1. The molecule has 2 aromatic rings. The number of hydrogen-bond donors (Lipinski definition) is 0. The van der Waals surface area contributed by atoms with Gasteiger partial charge in [-0.3, -0.25) is 0 Å². The number of esters is 1. The highest BCUT2D eigenvalue weighted by atomic mass is 19.1. The van der Waals surface area contributed by atoms with Crippen LogP contribution in [0.1, 0.15) is 27.0 Å². The minimum absolute atomic E-state index is 0.0176. The lowest BCUT2D eigenvalue weighted by Crippen LogP contribution is -1.92. The number of hydrogen-bond acceptors (Lipinski definition) is 3. The van der Waals surface area contributed by atoms with E-state index in [2.05, 4.69) is 0 Å². The second kappa shape index (κ2) is 4.63. The quantitative estimate of drug-likeness (QED) is 0.743. The van der Waals surface area contributed by atoms with Crippen LogP contribution >= 0.6 is 0 Å². The largest absolute Gasteiger partial charge is 0.422 e. The van der Waals surface area contributed by atoms with Crippen molar-refractivity contribution in [2.24, 2.45) is 0 Å². The summed E-state index contributed by atoms with van der Waals surface area (Å²) in [6.45, 7) is 0. The second-order valence-corrected chi connectivity index (χ2v) is 4.29. The lowest BCUT2D eigenvalue weighted by molar-refractivity contribution is 0.0717. The monoisotopic (exact) mass is 265 g/mol. The molecule has 1 aliphatic heterocycles. The Morgan fingerprint density at radius 2 is 1.90 bits per heavy atom. The molecule has 1 aliphatic rings. The molecule has 0 N–H and O–H groups in total. The van der Waals surface area contributed by atoms with Gasteiger partial charge in [0, 0.05) is 5.56 Å². The van der Waals surface area contributed by atoms with Crippen LogP contribution in [0.3, 0.4) is 0 Å². The van der Waals surface area contributed by atoms with Crippen molar-refractivity contribution in [3.05, 3.63) is 70.5 Å². The summed E-state index contributed by atoms with van der Waals surface area (Å²) < 4.78 is 18.7. The zero-order valence-electron chi connectivity index (χ0n) is 10.3. The van der Waals surface area contributed by atoms with Crippen LogP contribution in [0.25, 0.3) is 11.8 Å². The van der Waals surface area contributed by atoms with Crippen LogP contribution in [0.2, 0.25) is 0 Å². The fourth-order valence-corrected chi connectivity index (χ4v) is 2.06. The van der Waals surface area contributed by atoms with Gasteiger partial charge in [-0.05, 0) is 29.8 Å². The normalized spacial score (nSPS) is 14.8. The Balaban J connectivity index is 2.05. The first-order chi connectivity index (χ1) is 9.69. The summed E-state index contributed by atoms with van der Waals surface area (Å²) in [5.74, 6) is -0.630. The lowest BCUT2D eigenvalue weighted by Gasteiger charge is -2.00. The summed E-state index contributed by atoms with van der Waals surface area (Å²) in [5.41, 5.74) is 1.69. The molecule has 0 spiro atoms. The molecule has 96 valence electrons. The van der Waals surface area contributed by atoms with Gasteiger partial charge in [0.2, 0.25) is 0 Å². The Morgan fingerprint density at radius 3 is 2.60 bits per heavy atom. The van der Waals surface area contributed by atoms with Gasteiger partial charge in [-0.15, -0.1) is 0 Å². The molecule has 20 heavy (non-hydrogen) atoms. The Hall–Kier alpha value is -2.93. The van der Waals surface area contributed by atoms with Gasteiger partial charge in [0.05, 0.1) is 11.1 Å². The van der Waals surface area contributed by atoms with Crippen LogP contribution in [0, 0.1) is 17.1 Å². The van der Waals surface area contributed by atoms with Gasteiger partial charge < -0.3 is 4.74 Å². The van der Waals surface area contributed by atoms with Crippen molar-refractivity contribution in [2.75, 3.05) is 0 Å². The van der Waals surface area contributed by atoms with Crippen molar-refractivity contribution in [3.63, 3.8) is 0 Å². The van der Waals surface area contributed by atoms with E-state index < -0.39 is 11.8 Å². The molecule has 0 bridgehead atoms. The first-order valence-corrected chi connectivity index (χ1v) is 5.92. The van der Waals surface area contributed by atoms with E-state index in [1.54, 1.807) is 42.5 Å². The zero-order valence-corrected chi connectivity index (χ0v) is 10.3. The predicted molar refractivity (Wildman–Crippen MR) is 70.8 cm³/mol. The summed E-state index contributed by atoms with van der Waals surface area (Å²) in [6, 6.07) is 13.0. The Morgan fingerprint density at radius 1 is 1.15 bits per heavy atom. The highest BCUT2D eigenvalue weighted by Gasteiger charge is 2.25. The molecule has 0 aliphatic carbocycles. The Bertz CT molecular complexity index is 787. The van der Waals surface area contributed by atoms with Crippen molar-refractivity contribution in [1.29, 1.82) is 5.26 Å². The van der Waals surface area contributed by atoms with Gasteiger partial charge in [0.1, 0.15) is 17.6 Å². The molecule has 2 aromatic carbocycles. The van der Waals surface area contributed by atoms with Crippen LogP contribution < -0.4 is 0 Å². The predicted octanol–water partition coefficient (Wildman–Crippen LogP) is 3.37. The standard InChI is InChI=1S/C16H8FNO2/c17-14-7-10(5-6-11(14)9-18)8-15-12-3-1-2-4-13(12)16(19)20-15/h1-8H/b15-8-. The average molecular weight is 265 g/mol. The van der Waals surface area contributed by atoms with Crippen molar-refractivity contribution in [3.8, 4) is 6.07 Å². The van der Waals surface area contributed by atoms with Crippen molar-refractivity contribution in [2.45, 2.75) is 0 Å². The maximum absolute atomic E-state index is 13.5. The number of carbonyl (C=O) groups is 1. The number of rotatable bonds is 1. The van der Waals surface area contributed by atoms with Crippen molar-refractivity contribution < 1.29 is 13.9 Å². The molecule has 0 atom stereocenters. The molecular weight excluding hydrogens is 257 g/mol. The molecule has 1 heterocycles. The highest BCUT2D eigenvalue weighted by Crippen LogP contribution is 2.31. The van der Waals surface area contributed by atoms with Gasteiger partial charge in [-0.1, -0.05) is 24.3 Å². The Kier molecular flexibility index (Phi) is 2.81. The first-order valence-electron chi connectivity index (χ1n) is 5.92. The molecule has 0 aromatic heterocycles. The van der Waals surface area contributed by atoms with E-state index in [1.165, 1.54) is 12.1 Å². The summed E-state index contributed by atoms with van der Waals surface area (Å²) in [6.07, 6.45) is 1.58. The van der Waals surface area contributed by atoms with E-state index >= 15 is 0 Å². The lowest BCUT2D eigenvalue weighted by atomic mass is 10.1. The smallest absolute Gasteiger partial charge is 0.344 e. The van der Waals surface area contributed by atoms with Gasteiger partial charge in [0.25, 0.3) is 0 Å². The summed E-state index contributed by atoms with van der Waals surface area (Å²) in [4.78, 5) is 11.7. The zero-order chi connectivity index (χ0) is 14.1. The molecule has 0 radical (unpaired) electrons. The number of fused-ring (bicyclic) bond motifs is 1. The van der Waals surface area contributed by atoms with Gasteiger partial charge in [-0.25, -0.2) is 9.18 Å². The molecule has 0 saturated carbocycles. The third-order valence-electron chi connectivity index (χ3n) is 3.03. The fraction of sp³-hybridized carbons (Fsp3) is 0. The Labute approximate surface area is 114 Å². The topological polar surface area (TPSA) is 50.1 Å². The first kappa shape index (κ1) is 12.1. The van der Waals surface area contributed by atoms with Crippen LogP contribution in [-0.2, 0) is 4.74 Å². The second-order valence-electron chi connectivity index (χ2n) is 4.29. The van der Waals surface area contributed by atoms with E-state index in [4.69, 9.17) is 10.00 Å². The van der Waals surface area contributed by atoms with Crippen molar-refractivity contribution in [1.82, 2.24) is 0 Å². The molecular formula is C16H8FNO2. The number of nitriles is 1. The van der Waals surface area contributed by atoms with Crippen LogP contribution in [0.5, 0.6) is 0 Å². The maximum Gasteiger partial charge on any atom is 0.344 e. The molecule has 0 fully saturated rings. The van der Waals surface area contributed by atoms with E-state index in [0.29, 0.717) is 22.4 Å². The minimum atomic E-state index is -0.598. The average Bonchev–Trinajstić information content (AvgIpc) is 2.76. The number of cyclic esters (lactones) is 1. The number of benzene rings is 2. The number of nitrogens with zero attached hydrogens (tertiary/aromatic N) is 1. The third kappa shape index (κ3) is 1.95.